The molecule has 4 heterocycles. The zero-order chi connectivity index (χ0) is 23.5. The van der Waals surface area contributed by atoms with Gasteiger partial charge in [0.15, 0.2) is 15.8 Å². The van der Waals surface area contributed by atoms with Gasteiger partial charge in [0.2, 0.25) is 0 Å². The molecule has 0 bridgehead atoms. The number of ether oxygens (including phenoxy) is 2. The number of benzene rings is 1. The first kappa shape index (κ1) is 22.8. The van der Waals surface area contributed by atoms with Crippen molar-refractivity contribution in [2.75, 3.05) is 13.2 Å². The molecule has 1 aromatic carbocycles. The maximum atomic E-state index is 5.89. The minimum Gasteiger partial charge on any atom is -0.494 e. The Kier molecular flexibility index (Phi) is 6.79. The van der Waals surface area contributed by atoms with Gasteiger partial charge >= 0.3 is 0 Å². The molecule has 1 fully saturated rings. The Morgan fingerprint density at radius 3 is 2.79 bits per heavy atom. The van der Waals surface area contributed by atoms with Crippen LogP contribution < -0.4 is 4.74 Å². The Bertz CT molecular complexity index is 1300. The predicted octanol–water partition coefficient (Wildman–Crippen LogP) is 3.79. The van der Waals surface area contributed by atoms with Crippen LogP contribution in [0, 0.1) is 4.77 Å². The lowest BCUT2D eigenvalue weighted by Crippen LogP contribution is -2.17. The summed E-state index contributed by atoms with van der Waals surface area (Å²) in [5.74, 6) is 2.92. The number of hydrogen-bond acceptors (Lipinski definition) is 8. The van der Waals surface area contributed by atoms with Crippen LogP contribution in [0.3, 0.4) is 0 Å². The highest BCUT2D eigenvalue weighted by molar-refractivity contribution is 7.98. The summed E-state index contributed by atoms with van der Waals surface area (Å²) >= 11 is 7.07. The molecule has 10 nitrogen and oxygen atoms in total. The zero-order valence-corrected chi connectivity index (χ0v) is 20.7. The second-order valence-electron chi connectivity index (χ2n) is 7.92. The molecule has 1 aliphatic heterocycles. The van der Waals surface area contributed by atoms with E-state index >= 15 is 0 Å². The van der Waals surface area contributed by atoms with Crippen molar-refractivity contribution in [3.05, 3.63) is 47.1 Å². The summed E-state index contributed by atoms with van der Waals surface area (Å²) in [6.45, 7) is 4.07. The fourth-order valence-corrected chi connectivity index (χ4v) is 5.08. The third kappa shape index (κ3) is 4.79. The summed E-state index contributed by atoms with van der Waals surface area (Å²) < 4.78 is 17.8. The maximum absolute atomic E-state index is 5.89. The molecule has 178 valence electrons. The standard InChI is InChI=1S/C22H26N8O2S2/c1-3-31-16-8-6-15(7-9-16)30-19(23-25-21(30)33)14-34-22-26-24-20(18-10-11-28(2)27-18)29(22)13-17-5-4-12-32-17/h6-11,17H,3-5,12-14H2,1-2H3,(H,25,33)/t17-/m1/s1. The van der Waals surface area contributed by atoms with Crippen LogP contribution in [-0.4, -0.2) is 58.6 Å². The van der Waals surface area contributed by atoms with E-state index in [4.69, 9.17) is 21.7 Å². The molecule has 12 heteroatoms. The Morgan fingerprint density at radius 2 is 2.09 bits per heavy atom. The molecule has 1 N–H and O–H groups in total. The van der Waals surface area contributed by atoms with Gasteiger partial charge in [-0.3, -0.25) is 18.9 Å². The lowest BCUT2D eigenvalue weighted by molar-refractivity contribution is 0.0953. The maximum Gasteiger partial charge on any atom is 0.199 e. The summed E-state index contributed by atoms with van der Waals surface area (Å²) in [5, 5.41) is 21.6. The van der Waals surface area contributed by atoms with E-state index in [0.29, 0.717) is 23.7 Å². The molecule has 0 unspecified atom stereocenters. The second kappa shape index (κ2) is 10.1. The lowest BCUT2D eigenvalue weighted by atomic mass is 10.2. The number of nitrogens with zero attached hydrogens (tertiary/aromatic N) is 7. The molecule has 4 aromatic rings. The monoisotopic (exact) mass is 498 g/mol. The minimum absolute atomic E-state index is 0.149. The number of nitrogens with one attached hydrogen (secondary N) is 1. The van der Waals surface area contributed by atoms with Crippen molar-refractivity contribution in [2.45, 2.75) is 43.3 Å². The Hall–Kier alpha value is -2.96. The van der Waals surface area contributed by atoms with Gasteiger partial charge in [-0.05, 0) is 62.3 Å². The molecule has 5 rings (SSSR count). The number of aryl methyl sites for hydroxylation is 1. The van der Waals surface area contributed by atoms with E-state index in [1.807, 2.05) is 55.1 Å². The first-order chi connectivity index (χ1) is 16.6. The van der Waals surface area contributed by atoms with Crippen molar-refractivity contribution < 1.29 is 9.47 Å². The smallest absolute Gasteiger partial charge is 0.199 e. The summed E-state index contributed by atoms with van der Waals surface area (Å²) in [5.41, 5.74) is 1.71. The molecule has 0 spiro atoms. The van der Waals surface area contributed by atoms with E-state index in [1.54, 1.807) is 16.4 Å². The van der Waals surface area contributed by atoms with E-state index < -0.39 is 0 Å². The fourth-order valence-electron chi connectivity index (χ4n) is 3.96. The zero-order valence-electron chi connectivity index (χ0n) is 19.0. The predicted molar refractivity (Wildman–Crippen MR) is 131 cm³/mol. The number of hydrogen-bond donors (Lipinski definition) is 1. The van der Waals surface area contributed by atoms with Crippen LogP contribution in [0.15, 0.2) is 41.7 Å². The van der Waals surface area contributed by atoms with Gasteiger partial charge in [0, 0.05) is 25.5 Å². The number of aromatic amines is 1. The largest absolute Gasteiger partial charge is 0.494 e. The summed E-state index contributed by atoms with van der Waals surface area (Å²) in [6, 6.07) is 9.76. The van der Waals surface area contributed by atoms with Crippen LogP contribution >= 0.6 is 24.0 Å². The first-order valence-electron chi connectivity index (χ1n) is 11.2. The van der Waals surface area contributed by atoms with E-state index in [0.717, 1.165) is 53.4 Å². The molecular weight excluding hydrogens is 472 g/mol. The van der Waals surface area contributed by atoms with E-state index in [1.165, 1.54) is 0 Å². The Labute approximate surface area is 206 Å². The van der Waals surface area contributed by atoms with Gasteiger partial charge in [-0.2, -0.15) is 10.2 Å². The summed E-state index contributed by atoms with van der Waals surface area (Å²) in [7, 11) is 1.89. The fraction of sp³-hybridized carbons (Fsp3) is 0.409. The van der Waals surface area contributed by atoms with Crippen molar-refractivity contribution >= 4 is 24.0 Å². The van der Waals surface area contributed by atoms with Crippen LogP contribution in [0.1, 0.15) is 25.6 Å². The van der Waals surface area contributed by atoms with Crippen LogP contribution in [0.5, 0.6) is 5.75 Å². The molecule has 0 saturated carbocycles. The van der Waals surface area contributed by atoms with Crippen LogP contribution in [0.25, 0.3) is 17.2 Å². The van der Waals surface area contributed by atoms with Crippen molar-refractivity contribution in [1.29, 1.82) is 0 Å². The van der Waals surface area contributed by atoms with Crippen LogP contribution in [-0.2, 0) is 24.1 Å². The SMILES string of the molecule is CCOc1ccc(-n2c(CSc3nnc(-c4ccn(C)n4)n3C[C@H]3CCCO3)n[nH]c2=S)cc1. The molecular formula is C22H26N8O2S2. The third-order valence-electron chi connectivity index (χ3n) is 5.55. The molecule has 1 atom stereocenters. The highest BCUT2D eigenvalue weighted by Gasteiger charge is 2.23. The normalized spacial score (nSPS) is 15.8. The van der Waals surface area contributed by atoms with Gasteiger partial charge in [0.25, 0.3) is 0 Å². The topological polar surface area (TPSA) is 101 Å². The van der Waals surface area contributed by atoms with E-state index in [2.05, 4.69) is 30.1 Å². The number of rotatable bonds is 9. The van der Waals surface area contributed by atoms with E-state index in [-0.39, 0.29) is 6.10 Å². The highest BCUT2D eigenvalue weighted by atomic mass is 32.2. The second-order valence-corrected chi connectivity index (χ2v) is 9.25. The molecule has 1 aliphatic rings. The number of thioether (sulfide) groups is 1. The quantitative estimate of drug-likeness (QED) is 0.275. The van der Waals surface area contributed by atoms with Gasteiger partial charge in [0.1, 0.15) is 17.3 Å². The molecule has 3 aromatic heterocycles. The summed E-state index contributed by atoms with van der Waals surface area (Å²) in [6.07, 6.45) is 4.16. The molecule has 0 radical (unpaired) electrons. The molecule has 0 aliphatic carbocycles. The first-order valence-corrected chi connectivity index (χ1v) is 12.6. The number of aromatic nitrogens is 8. The van der Waals surface area contributed by atoms with Gasteiger partial charge in [-0.25, -0.2) is 0 Å². The van der Waals surface area contributed by atoms with Gasteiger partial charge in [-0.1, -0.05) is 11.8 Å². The molecule has 0 amide bonds. The minimum atomic E-state index is 0.149. The molecule has 34 heavy (non-hydrogen) atoms. The van der Waals surface area contributed by atoms with Gasteiger partial charge < -0.3 is 9.47 Å². The van der Waals surface area contributed by atoms with Gasteiger partial charge in [-0.15, -0.1) is 10.2 Å². The average molecular weight is 499 g/mol. The van der Waals surface area contributed by atoms with Crippen molar-refractivity contribution in [3.63, 3.8) is 0 Å². The lowest BCUT2D eigenvalue weighted by Gasteiger charge is -2.14. The van der Waals surface area contributed by atoms with E-state index in [9.17, 15) is 0 Å². The van der Waals surface area contributed by atoms with Gasteiger partial charge in [0.05, 0.1) is 25.0 Å². The average Bonchev–Trinajstić information content (AvgIpc) is 3.63. The summed E-state index contributed by atoms with van der Waals surface area (Å²) in [4.78, 5) is 0. The number of H-pyrrole nitrogens is 1. The Morgan fingerprint density at radius 1 is 1.24 bits per heavy atom. The van der Waals surface area contributed by atoms with Crippen molar-refractivity contribution in [3.8, 4) is 23.0 Å². The van der Waals surface area contributed by atoms with Crippen LogP contribution in [0.4, 0.5) is 0 Å². The van der Waals surface area contributed by atoms with Crippen molar-refractivity contribution in [1.82, 2.24) is 39.3 Å². The third-order valence-corrected chi connectivity index (χ3v) is 6.78. The van der Waals surface area contributed by atoms with Crippen LogP contribution in [0.2, 0.25) is 0 Å². The molecule has 1 saturated heterocycles. The Balaban J connectivity index is 1.40. The van der Waals surface area contributed by atoms with Crippen molar-refractivity contribution in [2.24, 2.45) is 7.05 Å². The highest BCUT2D eigenvalue weighted by Crippen LogP contribution is 2.28.